The summed E-state index contributed by atoms with van der Waals surface area (Å²) < 4.78 is 0. The molecule has 3 aromatic rings. The molecule has 0 aliphatic heterocycles. The second-order valence-corrected chi connectivity index (χ2v) is 8.45. The molecule has 0 unspecified atom stereocenters. The number of fused-ring (bicyclic) bond motifs is 1. The van der Waals surface area contributed by atoms with Gasteiger partial charge in [0.25, 0.3) is 0 Å². The van der Waals surface area contributed by atoms with E-state index in [1.807, 2.05) is 0 Å². The molecular formula is C28H23NaO2. The van der Waals surface area contributed by atoms with Gasteiger partial charge in [0.15, 0.2) is 0 Å². The van der Waals surface area contributed by atoms with Crippen molar-refractivity contribution in [2.45, 2.75) is 32.6 Å². The van der Waals surface area contributed by atoms with E-state index in [9.17, 15) is 9.90 Å². The Morgan fingerprint density at radius 1 is 0.903 bits per heavy atom. The van der Waals surface area contributed by atoms with Crippen LogP contribution in [0.4, 0.5) is 0 Å². The zero-order chi connectivity index (χ0) is 21.3. The monoisotopic (exact) mass is 414 g/mol. The first-order valence-electron chi connectivity index (χ1n) is 10.1. The molecule has 0 spiro atoms. The Balaban J connectivity index is 0.00000272. The Morgan fingerprint density at radius 2 is 1.52 bits per heavy atom. The van der Waals surface area contributed by atoms with E-state index in [-0.39, 0.29) is 40.5 Å². The number of carboxylic acids is 1. The van der Waals surface area contributed by atoms with Crippen LogP contribution >= 0.6 is 0 Å². The van der Waals surface area contributed by atoms with E-state index in [2.05, 4.69) is 81.2 Å². The number of hydrogen-bond donors (Lipinski definition) is 0. The Morgan fingerprint density at radius 3 is 2.16 bits per heavy atom. The standard InChI is InChI=1S/C28H24O2.Na/c1-19-4-11-22(12-5-19)24-16-17-28(2,3)26-15-10-21(18-25(24)26)7-6-20-8-13-23(14-9-20)27(29)30;/h4-5,8-16,18H,17H2,1-3H3,(H,29,30);/q;+1/p-1. The number of benzene rings is 3. The van der Waals surface area contributed by atoms with Crippen molar-refractivity contribution >= 4 is 11.5 Å². The van der Waals surface area contributed by atoms with Gasteiger partial charge in [-0.05, 0) is 70.9 Å². The topological polar surface area (TPSA) is 40.1 Å². The molecule has 0 radical (unpaired) electrons. The average Bonchev–Trinajstić information content (AvgIpc) is 2.73. The molecule has 0 amide bonds. The zero-order valence-electron chi connectivity index (χ0n) is 18.5. The van der Waals surface area contributed by atoms with E-state index in [1.165, 1.54) is 40.0 Å². The fourth-order valence-corrected chi connectivity index (χ4v) is 3.85. The van der Waals surface area contributed by atoms with E-state index >= 15 is 0 Å². The van der Waals surface area contributed by atoms with Crippen LogP contribution in [0, 0.1) is 18.8 Å². The SMILES string of the molecule is Cc1ccc(C2=CCC(C)(C)c3ccc(C#Cc4ccc(C(=O)[O-])cc4)cc32)cc1.[Na+]. The molecule has 0 N–H and O–H groups in total. The van der Waals surface area contributed by atoms with Crippen molar-refractivity contribution in [3.05, 3.63) is 112 Å². The van der Waals surface area contributed by atoms with E-state index in [1.54, 1.807) is 12.1 Å². The molecule has 0 heterocycles. The molecule has 0 bridgehead atoms. The maximum atomic E-state index is 10.9. The van der Waals surface area contributed by atoms with Crippen LogP contribution in [-0.4, -0.2) is 5.97 Å². The fourth-order valence-electron chi connectivity index (χ4n) is 3.85. The summed E-state index contributed by atoms with van der Waals surface area (Å²) in [6.07, 6.45) is 3.34. The summed E-state index contributed by atoms with van der Waals surface area (Å²) in [5.41, 5.74) is 8.24. The van der Waals surface area contributed by atoms with Crippen molar-refractivity contribution in [3.8, 4) is 11.8 Å². The number of carboxylic acid groups (broad SMARTS) is 1. The van der Waals surface area contributed by atoms with Crippen LogP contribution in [0.2, 0.25) is 0 Å². The van der Waals surface area contributed by atoms with Crippen LogP contribution in [0.25, 0.3) is 5.57 Å². The molecule has 0 saturated heterocycles. The van der Waals surface area contributed by atoms with Gasteiger partial charge in [-0.3, -0.25) is 0 Å². The van der Waals surface area contributed by atoms with Crippen molar-refractivity contribution in [2.24, 2.45) is 0 Å². The summed E-state index contributed by atoms with van der Waals surface area (Å²) in [4.78, 5) is 10.9. The Hall–Kier alpha value is -2.57. The van der Waals surface area contributed by atoms with Crippen molar-refractivity contribution in [2.75, 3.05) is 0 Å². The maximum absolute atomic E-state index is 10.9. The van der Waals surface area contributed by atoms with Gasteiger partial charge < -0.3 is 9.90 Å². The predicted molar refractivity (Wildman–Crippen MR) is 119 cm³/mol. The normalized spacial score (nSPS) is 13.7. The van der Waals surface area contributed by atoms with Crippen molar-refractivity contribution < 1.29 is 39.5 Å². The van der Waals surface area contributed by atoms with Crippen LogP contribution in [-0.2, 0) is 5.41 Å². The van der Waals surface area contributed by atoms with Gasteiger partial charge in [-0.1, -0.05) is 79.8 Å². The largest absolute Gasteiger partial charge is 1.00 e. The van der Waals surface area contributed by atoms with E-state index in [0.717, 1.165) is 17.5 Å². The molecule has 148 valence electrons. The molecule has 31 heavy (non-hydrogen) atoms. The molecule has 1 aliphatic carbocycles. The minimum Gasteiger partial charge on any atom is -0.545 e. The third kappa shape index (κ3) is 5.02. The quantitative estimate of drug-likeness (QED) is 0.475. The number of carbonyl (C=O) groups is 1. The number of hydrogen-bond acceptors (Lipinski definition) is 2. The number of rotatable bonds is 2. The van der Waals surface area contributed by atoms with Crippen LogP contribution in [0.15, 0.2) is 72.8 Å². The molecule has 0 fully saturated rings. The van der Waals surface area contributed by atoms with Gasteiger partial charge in [0.1, 0.15) is 0 Å². The first-order valence-corrected chi connectivity index (χ1v) is 10.1. The zero-order valence-corrected chi connectivity index (χ0v) is 20.5. The molecule has 0 atom stereocenters. The van der Waals surface area contributed by atoms with Gasteiger partial charge in [0, 0.05) is 11.1 Å². The van der Waals surface area contributed by atoms with Crippen LogP contribution in [0.5, 0.6) is 0 Å². The van der Waals surface area contributed by atoms with Gasteiger partial charge in [0.2, 0.25) is 0 Å². The molecule has 0 saturated carbocycles. The Labute approximate surface area is 206 Å². The van der Waals surface area contributed by atoms with Gasteiger partial charge in [-0.15, -0.1) is 0 Å². The summed E-state index contributed by atoms with van der Waals surface area (Å²) in [5.74, 6) is 5.18. The summed E-state index contributed by atoms with van der Waals surface area (Å²) in [7, 11) is 0. The van der Waals surface area contributed by atoms with Crippen molar-refractivity contribution in [1.29, 1.82) is 0 Å². The van der Waals surface area contributed by atoms with E-state index in [4.69, 9.17) is 0 Å². The van der Waals surface area contributed by atoms with Crippen LogP contribution < -0.4 is 34.7 Å². The maximum Gasteiger partial charge on any atom is 1.00 e. The van der Waals surface area contributed by atoms with E-state index in [0.29, 0.717) is 0 Å². The van der Waals surface area contributed by atoms with Gasteiger partial charge in [-0.25, -0.2) is 0 Å². The van der Waals surface area contributed by atoms with Gasteiger partial charge >= 0.3 is 29.6 Å². The molecule has 0 aromatic heterocycles. The summed E-state index contributed by atoms with van der Waals surface area (Å²) >= 11 is 0. The van der Waals surface area contributed by atoms with Crippen molar-refractivity contribution in [3.63, 3.8) is 0 Å². The minimum atomic E-state index is -1.18. The second kappa shape index (κ2) is 9.28. The summed E-state index contributed by atoms with van der Waals surface area (Å²) in [6, 6.07) is 21.5. The Bertz CT molecular complexity index is 1200. The summed E-state index contributed by atoms with van der Waals surface area (Å²) in [5, 5.41) is 10.9. The molecule has 3 aromatic carbocycles. The first-order chi connectivity index (χ1) is 14.3. The smallest absolute Gasteiger partial charge is 0.545 e. The fraction of sp³-hybridized carbons (Fsp3) is 0.179. The summed E-state index contributed by atoms with van der Waals surface area (Å²) in [6.45, 7) is 6.65. The average molecular weight is 414 g/mol. The second-order valence-electron chi connectivity index (χ2n) is 8.45. The molecule has 2 nitrogen and oxygen atoms in total. The number of aryl methyl sites for hydroxylation is 1. The third-order valence-corrected chi connectivity index (χ3v) is 5.69. The Kier molecular flexibility index (Phi) is 6.92. The number of carbonyl (C=O) groups excluding carboxylic acids is 1. The predicted octanol–water partition coefficient (Wildman–Crippen LogP) is 1.88. The molecule has 3 heteroatoms. The molecule has 4 rings (SSSR count). The van der Waals surface area contributed by atoms with Crippen LogP contribution in [0.3, 0.4) is 0 Å². The number of aromatic carboxylic acids is 1. The minimum absolute atomic E-state index is 0. The molecule has 1 aliphatic rings. The van der Waals surface area contributed by atoms with Crippen molar-refractivity contribution in [1.82, 2.24) is 0 Å². The van der Waals surface area contributed by atoms with Gasteiger partial charge in [-0.2, -0.15) is 0 Å². The number of allylic oxidation sites excluding steroid dienone is 1. The molecular weight excluding hydrogens is 391 g/mol. The first kappa shape index (κ1) is 23.1. The van der Waals surface area contributed by atoms with Crippen LogP contribution in [0.1, 0.15) is 64.0 Å². The van der Waals surface area contributed by atoms with Gasteiger partial charge in [0.05, 0.1) is 5.97 Å². The third-order valence-electron chi connectivity index (χ3n) is 5.69. The van der Waals surface area contributed by atoms with E-state index < -0.39 is 5.97 Å².